The Morgan fingerprint density at radius 2 is 2.00 bits per heavy atom. The largest absolute Gasteiger partial charge is 0.378 e. The first kappa shape index (κ1) is 20.2. The molecule has 7 nitrogen and oxygen atoms in total. The molecule has 25 heavy (non-hydrogen) atoms. The van der Waals surface area contributed by atoms with E-state index in [1.807, 2.05) is 4.90 Å². The number of morpholine rings is 1. The van der Waals surface area contributed by atoms with Gasteiger partial charge in [0, 0.05) is 19.6 Å². The molecule has 2 saturated heterocycles. The highest BCUT2D eigenvalue weighted by atomic mass is 127. The van der Waals surface area contributed by atoms with E-state index in [4.69, 9.17) is 10.5 Å². The zero-order valence-corrected chi connectivity index (χ0v) is 16.9. The van der Waals surface area contributed by atoms with Crippen LogP contribution in [0.2, 0.25) is 0 Å². The third-order valence-electron chi connectivity index (χ3n) is 4.14. The molecule has 1 aromatic rings. The SMILES string of the molecule is I.NC(=NCc1ccc(N2CCCS2(=O)=O)c(F)c1)N1CCOCC1. The van der Waals surface area contributed by atoms with E-state index in [9.17, 15) is 12.8 Å². The lowest BCUT2D eigenvalue weighted by atomic mass is 10.2. The number of benzene rings is 1. The van der Waals surface area contributed by atoms with E-state index in [0.717, 1.165) is 4.31 Å². The minimum Gasteiger partial charge on any atom is -0.378 e. The molecule has 0 amide bonds. The van der Waals surface area contributed by atoms with Crippen molar-refractivity contribution >= 4 is 45.6 Å². The van der Waals surface area contributed by atoms with Crippen LogP contribution in [-0.2, 0) is 21.3 Å². The highest BCUT2D eigenvalue weighted by molar-refractivity contribution is 14.0. The lowest BCUT2D eigenvalue weighted by Gasteiger charge is -2.27. The molecule has 2 fully saturated rings. The van der Waals surface area contributed by atoms with Crippen LogP contribution in [0.5, 0.6) is 0 Å². The quantitative estimate of drug-likeness (QED) is 0.395. The predicted octanol–water partition coefficient (Wildman–Crippen LogP) is 1.13. The van der Waals surface area contributed by atoms with Gasteiger partial charge in [-0.25, -0.2) is 17.8 Å². The second-order valence-electron chi connectivity index (χ2n) is 5.80. The molecule has 0 spiro atoms. The summed E-state index contributed by atoms with van der Waals surface area (Å²) >= 11 is 0. The van der Waals surface area contributed by atoms with Crippen LogP contribution in [0.1, 0.15) is 12.0 Å². The summed E-state index contributed by atoms with van der Waals surface area (Å²) < 4.78 is 44.5. The maximum absolute atomic E-state index is 14.3. The first-order valence-corrected chi connectivity index (χ1v) is 9.50. The fourth-order valence-electron chi connectivity index (χ4n) is 2.83. The number of hydrogen-bond acceptors (Lipinski definition) is 4. The number of guanidine groups is 1. The van der Waals surface area contributed by atoms with Crippen molar-refractivity contribution in [2.45, 2.75) is 13.0 Å². The van der Waals surface area contributed by atoms with E-state index in [2.05, 4.69) is 4.99 Å². The summed E-state index contributed by atoms with van der Waals surface area (Å²) in [5.41, 5.74) is 6.68. The van der Waals surface area contributed by atoms with Gasteiger partial charge >= 0.3 is 0 Å². The van der Waals surface area contributed by atoms with Crippen molar-refractivity contribution in [1.29, 1.82) is 0 Å². The Morgan fingerprint density at radius 3 is 2.60 bits per heavy atom. The van der Waals surface area contributed by atoms with Crippen LogP contribution >= 0.6 is 24.0 Å². The molecule has 0 aromatic heterocycles. The zero-order valence-electron chi connectivity index (χ0n) is 13.7. The monoisotopic (exact) mass is 484 g/mol. The van der Waals surface area contributed by atoms with Crippen molar-refractivity contribution in [2.24, 2.45) is 10.7 Å². The molecule has 0 radical (unpaired) electrons. The number of sulfonamides is 1. The Balaban J connectivity index is 0.00000225. The van der Waals surface area contributed by atoms with Gasteiger partial charge in [-0.15, -0.1) is 24.0 Å². The summed E-state index contributed by atoms with van der Waals surface area (Å²) in [4.78, 5) is 6.20. The molecular formula is C15H22FIN4O3S. The minimum atomic E-state index is -3.39. The molecule has 10 heteroatoms. The molecule has 0 atom stereocenters. The summed E-state index contributed by atoms with van der Waals surface area (Å²) in [7, 11) is -3.39. The number of rotatable bonds is 3. The van der Waals surface area contributed by atoms with Gasteiger partial charge in [0.15, 0.2) is 5.96 Å². The van der Waals surface area contributed by atoms with Gasteiger partial charge in [0.2, 0.25) is 10.0 Å². The van der Waals surface area contributed by atoms with Crippen molar-refractivity contribution in [3.8, 4) is 0 Å². The van der Waals surface area contributed by atoms with Gasteiger partial charge < -0.3 is 15.4 Å². The van der Waals surface area contributed by atoms with E-state index in [1.54, 1.807) is 6.07 Å². The number of hydrogen-bond donors (Lipinski definition) is 1. The summed E-state index contributed by atoms with van der Waals surface area (Å²) in [5, 5.41) is 0. The maximum Gasteiger partial charge on any atom is 0.235 e. The van der Waals surface area contributed by atoms with Gasteiger partial charge in [-0.1, -0.05) is 6.07 Å². The summed E-state index contributed by atoms with van der Waals surface area (Å²) in [5.74, 6) is -0.0859. The number of halogens is 2. The molecular weight excluding hydrogens is 462 g/mol. The Kier molecular flexibility index (Phi) is 6.86. The van der Waals surface area contributed by atoms with Crippen LogP contribution in [0, 0.1) is 5.82 Å². The van der Waals surface area contributed by atoms with E-state index in [-0.39, 0.29) is 42.0 Å². The smallest absolute Gasteiger partial charge is 0.235 e. The molecule has 0 unspecified atom stereocenters. The fourth-order valence-corrected chi connectivity index (χ4v) is 4.40. The Hall–Kier alpha value is -1.14. The summed E-state index contributed by atoms with van der Waals surface area (Å²) in [6, 6.07) is 4.50. The van der Waals surface area contributed by atoms with Crippen LogP contribution in [0.4, 0.5) is 10.1 Å². The molecule has 2 heterocycles. The molecule has 2 N–H and O–H groups in total. The molecule has 1 aromatic carbocycles. The predicted molar refractivity (Wildman–Crippen MR) is 105 cm³/mol. The van der Waals surface area contributed by atoms with Crippen molar-refractivity contribution in [2.75, 3.05) is 42.9 Å². The van der Waals surface area contributed by atoms with Crippen LogP contribution in [0.25, 0.3) is 0 Å². The van der Waals surface area contributed by atoms with Crippen molar-refractivity contribution in [3.63, 3.8) is 0 Å². The van der Waals surface area contributed by atoms with Crippen LogP contribution in [0.3, 0.4) is 0 Å². The molecule has 2 aliphatic heterocycles. The molecule has 140 valence electrons. The zero-order chi connectivity index (χ0) is 17.2. The van der Waals surface area contributed by atoms with Crippen molar-refractivity contribution in [1.82, 2.24) is 4.90 Å². The average molecular weight is 484 g/mol. The van der Waals surface area contributed by atoms with E-state index >= 15 is 0 Å². The Bertz CT molecular complexity index is 738. The topological polar surface area (TPSA) is 88.2 Å². The van der Waals surface area contributed by atoms with Gasteiger partial charge in [-0.3, -0.25) is 4.31 Å². The lowest BCUT2D eigenvalue weighted by molar-refractivity contribution is 0.0674. The molecule has 3 rings (SSSR count). The molecule has 0 saturated carbocycles. The number of aliphatic imine (C=N–C) groups is 1. The molecule has 0 bridgehead atoms. The maximum atomic E-state index is 14.3. The standard InChI is InChI=1S/C15H21FN4O3S.HI/c16-13-10-12(11-18-15(17)19-5-7-23-8-6-19)2-3-14(13)20-4-1-9-24(20,21)22;/h2-3,10H,1,4-9,11H2,(H2,17,18);1H. The fraction of sp³-hybridized carbons (Fsp3) is 0.533. The van der Waals surface area contributed by atoms with Crippen LogP contribution < -0.4 is 10.0 Å². The normalized spacial score (nSPS) is 20.4. The highest BCUT2D eigenvalue weighted by Crippen LogP contribution is 2.27. The molecule has 2 aliphatic rings. The van der Waals surface area contributed by atoms with Gasteiger partial charge in [-0.2, -0.15) is 0 Å². The second-order valence-corrected chi connectivity index (χ2v) is 7.81. The van der Waals surface area contributed by atoms with Crippen molar-refractivity contribution < 1.29 is 17.5 Å². The first-order chi connectivity index (χ1) is 11.5. The van der Waals surface area contributed by atoms with Gasteiger partial charge in [-0.05, 0) is 24.1 Å². The van der Waals surface area contributed by atoms with Crippen LogP contribution in [0.15, 0.2) is 23.2 Å². The number of nitrogens with zero attached hydrogens (tertiary/aromatic N) is 3. The number of ether oxygens (including phenoxy) is 1. The third-order valence-corrected chi connectivity index (χ3v) is 5.99. The van der Waals surface area contributed by atoms with Crippen molar-refractivity contribution in [3.05, 3.63) is 29.6 Å². The number of nitrogens with two attached hydrogens (primary N) is 1. The Morgan fingerprint density at radius 1 is 1.28 bits per heavy atom. The highest BCUT2D eigenvalue weighted by Gasteiger charge is 2.30. The van der Waals surface area contributed by atoms with E-state index < -0.39 is 15.8 Å². The van der Waals surface area contributed by atoms with Crippen LogP contribution in [-0.4, -0.2) is 57.9 Å². The van der Waals surface area contributed by atoms with Gasteiger partial charge in [0.1, 0.15) is 5.82 Å². The number of anilines is 1. The van der Waals surface area contributed by atoms with E-state index in [0.29, 0.717) is 50.8 Å². The van der Waals surface area contributed by atoms with Gasteiger partial charge in [0.05, 0.1) is 31.2 Å². The first-order valence-electron chi connectivity index (χ1n) is 7.89. The average Bonchev–Trinajstić information content (AvgIpc) is 2.92. The second kappa shape index (κ2) is 8.49. The minimum absolute atomic E-state index is 0. The molecule has 0 aliphatic carbocycles. The Labute approximate surface area is 164 Å². The van der Waals surface area contributed by atoms with Gasteiger partial charge in [0.25, 0.3) is 0 Å². The summed E-state index contributed by atoms with van der Waals surface area (Å²) in [6.07, 6.45) is 0.518. The third kappa shape index (κ3) is 4.73. The summed E-state index contributed by atoms with van der Waals surface area (Å²) in [6.45, 7) is 3.17. The van der Waals surface area contributed by atoms with E-state index in [1.165, 1.54) is 12.1 Å². The lowest BCUT2D eigenvalue weighted by Crippen LogP contribution is -2.44.